The molecule has 1 N–H and O–H groups in total. The molecule has 1 aliphatic rings. The number of aryl methyl sites for hydroxylation is 3. The molecule has 188 valence electrons. The second-order valence-electron chi connectivity index (χ2n) is 10.2. The van der Waals surface area contributed by atoms with Gasteiger partial charge in [-0.05, 0) is 76.9 Å². The molecular weight excluding hydrogens is 454 g/mol. The highest BCUT2D eigenvalue weighted by molar-refractivity contribution is 5.80. The molecule has 4 aromatic rings. The Hall–Kier alpha value is -3.62. The zero-order chi connectivity index (χ0) is 25.2. The number of benzene rings is 2. The molecule has 2 heterocycles. The van der Waals surface area contributed by atoms with E-state index >= 15 is 0 Å². The Morgan fingerprint density at radius 3 is 2.67 bits per heavy atom. The highest BCUT2D eigenvalue weighted by Crippen LogP contribution is 2.34. The Morgan fingerprint density at radius 2 is 1.89 bits per heavy atom. The van der Waals surface area contributed by atoms with Crippen LogP contribution in [0, 0.1) is 19.8 Å². The predicted molar refractivity (Wildman–Crippen MR) is 136 cm³/mol. The summed E-state index contributed by atoms with van der Waals surface area (Å²) < 4.78 is 3.70. The van der Waals surface area contributed by atoms with Crippen molar-refractivity contribution < 1.29 is 9.90 Å². The Morgan fingerprint density at radius 1 is 1.08 bits per heavy atom. The van der Waals surface area contributed by atoms with Crippen LogP contribution in [0.1, 0.15) is 78.1 Å². The topological polar surface area (TPSA) is 112 Å². The average Bonchev–Trinajstić information content (AvgIpc) is 3.46. The molecule has 36 heavy (non-hydrogen) atoms. The minimum absolute atomic E-state index is 0.00543. The van der Waals surface area contributed by atoms with E-state index in [0.29, 0.717) is 12.3 Å². The number of tetrazole rings is 1. The van der Waals surface area contributed by atoms with Crippen LogP contribution >= 0.6 is 0 Å². The van der Waals surface area contributed by atoms with Crippen molar-refractivity contribution in [3.63, 3.8) is 0 Å². The van der Waals surface area contributed by atoms with Gasteiger partial charge in [0, 0.05) is 25.9 Å². The number of carbonyl (C=O) groups is 1. The Labute approximate surface area is 210 Å². The quantitative estimate of drug-likeness (QED) is 0.393. The molecule has 0 amide bonds. The summed E-state index contributed by atoms with van der Waals surface area (Å²) in [4.78, 5) is 11.9. The molecule has 2 aromatic carbocycles. The molecule has 9 heteroatoms. The first kappa shape index (κ1) is 24.1. The number of hydrogen-bond donors (Lipinski definition) is 1. The maximum atomic E-state index is 11.9. The lowest BCUT2D eigenvalue weighted by atomic mass is 9.84. The molecule has 0 saturated heterocycles. The van der Waals surface area contributed by atoms with Crippen LogP contribution in [-0.4, -0.2) is 46.3 Å². The van der Waals surface area contributed by atoms with Gasteiger partial charge in [-0.3, -0.25) is 4.79 Å². The van der Waals surface area contributed by atoms with E-state index in [-0.39, 0.29) is 12.3 Å². The molecule has 1 atom stereocenters. The van der Waals surface area contributed by atoms with E-state index in [1.807, 2.05) is 36.9 Å². The van der Waals surface area contributed by atoms with Crippen molar-refractivity contribution in [1.29, 1.82) is 0 Å². The van der Waals surface area contributed by atoms with Gasteiger partial charge in [-0.25, -0.2) is 9.36 Å². The van der Waals surface area contributed by atoms with Crippen molar-refractivity contribution in [3.8, 4) is 0 Å². The standard InChI is InChI=1S/C27H33N7O2/c1-17-9-10-20(13-21(17)14-25-28-30-32-34(25)16-19-7-5-4-6-8-19)23(15-26(35)36)22-11-12-24-27(18(22)2)29-31-33(24)3/h9-13,19,23H,4-8,14-16H2,1-3H3,(H,35,36). The average molecular weight is 488 g/mol. The highest BCUT2D eigenvalue weighted by Gasteiger charge is 2.23. The van der Waals surface area contributed by atoms with Crippen molar-refractivity contribution >= 4 is 17.0 Å². The molecule has 9 nitrogen and oxygen atoms in total. The monoisotopic (exact) mass is 487 g/mol. The zero-order valence-corrected chi connectivity index (χ0v) is 21.2. The number of rotatable bonds is 8. The van der Waals surface area contributed by atoms with Gasteiger partial charge in [-0.15, -0.1) is 10.2 Å². The van der Waals surface area contributed by atoms with Gasteiger partial charge >= 0.3 is 5.97 Å². The summed E-state index contributed by atoms with van der Waals surface area (Å²) in [5.41, 5.74) is 6.88. The fraction of sp³-hybridized carbons (Fsp3) is 0.481. The zero-order valence-electron chi connectivity index (χ0n) is 21.2. The van der Waals surface area contributed by atoms with E-state index in [9.17, 15) is 9.90 Å². The van der Waals surface area contributed by atoms with Crippen LogP contribution in [0.25, 0.3) is 11.0 Å². The van der Waals surface area contributed by atoms with Gasteiger partial charge in [-0.2, -0.15) is 0 Å². The Kier molecular flexibility index (Phi) is 6.80. The van der Waals surface area contributed by atoms with Gasteiger partial charge in [-0.1, -0.05) is 48.7 Å². The fourth-order valence-corrected chi connectivity index (χ4v) is 5.58. The lowest BCUT2D eigenvalue weighted by Crippen LogP contribution is -2.17. The summed E-state index contributed by atoms with van der Waals surface area (Å²) in [7, 11) is 1.86. The second kappa shape index (κ2) is 10.2. The Balaban J connectivity index is 1.47. The highest BCUT2D eigenvalue weighted by atomic mass is 16.4. The Bertz CT molecular complexity index is 1380. The van der Waals surface area contributed by atoms with Crippen molar-refractivity contribution in [3.05, 3.63) is 64.0 Å². The number of aromatic nitrogens is 7. The van der Waals surface area contributed by atoms with Crippen LogP contribution in [-0.2, 0) is 24.8 Å². The second-order valence-corrected chi connectivity index (χ2v) is 10.2. The van der Waals surface area contributed by atoms with Crippen LogP contribution in [0.4, 0.5) is 0 Å². The van der Waals surface area contributed by atoms with Crippen molar-refractivity contribution in [2.24, 2.45) is 13.0 Å². The normalized spacial score (nSPS) is 15.4. The maximum absolute atomic E-state index is 11.9. The lowest BCUT2D eigenvalue weighted by molar-refractivity contribution is -0.137. The molecule has 0 spiro atoms. The number of nitrogens with zero attached hydrogens (tertiary/aromatic N) is 7. The number of fused-ring (bicyclic) bond motifs is 1. The molecule has 1 unspecified atom stereocenters. The van der Waals surface area contributed by atoms with Crippen molar-refractivity contribution in [2.75, 3.05) is 0 Å². The summed E-state index contributed by atoms with van der Waals surface area (Å²) in [5.74, 6) is 0.351. The van der Waals surface area contributed by atoms with Crippen molar-refractivity contribution in [1.82, 2.24) is 35.2 Å². The molecule has 0 radical (unpaired) electrons. The molecule has 0 bridgehead atoms. The maximum Gasteiger partial charge on any atom is 0.304 e. The van der Waals surface area contributed by atoms with Crippen LogP contribution in [0.15, 0.2) is 30.3 Å². The third-order valence-corrected chi connectivity index (χ3v) is 7.72. The van der Waals surface area contributed by atoms with E-state index in [4.69, 9.17) is 0 Å². The third kappa shape index (κ3) is 4.87. The first-order valence-electron chi connectivity index (χ1n) is 12.8. The smallest absolute Gasteiger partial charge is 0.304 e. The molecule has 2 aromatic heterocycles. The number of hydrogen-bond acceptors (Lipinski definition) is 6. The number of aliphatic carboxylic acids is 1. The SMILES string of the molecule is Cc1ccc(C(CC(=O)O)c2ccc3c(nnn3C)c2C)cc1Cc1nnnn1CC1CCCCC1. The summed E-state index contributed by atoms with van der Waals surface area (Å²) in [5, 5.41) is 30.8. The summed E-state index contributed by atoms with van der Waals surface area (Å²) in [6.45, 7) is 4.94. The molecule has 1 aliphatic carbocycles. The minimum atomic E-state index is -0.836. The third-order valence-electron chi connectivity index (χ3n) is 7.72. The predicted octanol–water partition coefficient (Wildman–Crippen LogP) is 4.35. The summed E-state index contributed by atoms with van der Waals surface area (Å²) in [6, 6.07) is 10.2. The lowest BCUT2D eigenvalue weighted by Gasteiger charge is -2.22. The van der Waals surface area contributed by atoms with Crippen LogP contribution in [0.2, 0.25) is 0 Å². The number of carboxylic acid groups (broad SMARTS) is 1. The van der Waals surface area contributed by atoms with Gasteiger partial charge in [0.1, 0.15) is 5.52 Å². The first-order chi connectivity index (χ1) is 17.4. The summed E-state index contributed by atoms with van der Waals surface area (Å²) in [6.07, 6.45) is 6.98. The summed E-state index contributed by atoms with van der Waals surface area (Å²) >= 11 is 0. The van der Waals surface area contributed by atoms with Gasteiger partial charge in [0.2, 0.25) is 0 Å². The van der Waals surface area contributed by atoms with Crippen LogP contribution in [0.3, 0.4) is 0 Å². The first-order valence-corrected chi connectivity index (χ1v) is 12.8. The van der Waals surface area contributed by atoms with E-state index in [1.165, 1.54) is 32.1 Å². The van der Waals surface area contributed by atoms with Gasteiger partial charge in [0.15, 0.2) is 5.82 Å². The minimum Gasteiger partial charge on any atom is -0.481 e. The molecular formula is C27H33N7O2. The van der Waals surface area contributed by atoms with E-state index < -0.39 is 5.97 Å². The van der Waals surface area contributed by atoms with Gasteiger partial charge < -0.3 is 5.11 Å². The fourth-order valence-electron chi connectivity index (χ4n) is 5.58. The van der Waals surface area contributed by atoms with Gasteiger partial charge in [0.05, 0.1) is 11.9 Å². The number of carboxylic acids is 1. The van der Waals surface area contributed by atoms with Crippen LogP contribution in [0.5, 0.6) is 0 Å². The molecule has 1 saturated carbocycles. The molecule has 1 fully saturated rings. The van der Waals surface area contributed by atoms with Crippen LogP contribution < -0.4 is 0 Å². The van der Waals surface area contributed by atoms with E-state index in [2.05, 4.69) is 44.9 Å². The largest absolute Gasteiger partial charge is 0.481 e. The van der Waals surface area contributed by atoms with E-state index in [0.717, 1.165) is 51.2 Å². The van der Waals surface area contributed by atoms with Gasteiger partial charge in [0.25, 0.3) is 0 Å². The van der Waals surface area contributed by atoms with E-state index in [1.54, 1.807) is 4.68 Å². The molecule has 5 rings (SSSR count). The molecule has 0 aliphatic heterocycles. The van der Waals surface area contributed by atoms with Crippen molar-refractivity contribution in [2.45, 2.75) is 71.3 Å².